The van der Waals surface area contributed by atoms with Gasteiger partial charge in [-0.15, -0.1) is 0 Å². The van der Waals surface area contributed by atoms with Crippen LogP contribution in [-0.4, -0.2) is 51.6 Å². The van der Waals surface area contributed by atoms with Gasteiger partial charge in [-0.25, -0.2) is 0 Å². The number of nitrogens with one attached hydrogen (secondary N) is 1. The Morgan fingerprint density at radius 2 is 2.15 bits per heavy atom. The maximum Gasteiger partial charge on any atom is 0.234 e. The van der Waals surface area contributed by atoms with Crippen LogP contribution >= 0.6 is 0 Å². The molecular weight excluding hydrogens is 328 g/mol. The first-order valence-corrected chi connectivity index (χ1v) is 9.05. The molecule has 1 aliphatic rings. The number of rotatable bonds is 8. The summed E-state index contributed by atoms with van der Waals surface area (Å²) in [6, 6.07) is 9.72. The molecule has 0 bridgehead atoms. The zero-order valence-electron chi connectivity index (χ0n) is 15.1. The minimum Gasteiger partial charge on any atom is -0.393 e. The predicted octanol–water partition coefficient (Wildman–Crippen LogP) is 1.41. The number of carbonyl (C=O) groups excluding carboxylic acids is 1. The van der Waals surface area contributed by atoms with Gasteiger partial charge >= 0.3 is 0 Å². The summed E-state index contributed by atoms with van der Waals surface area (Å²) in [5.41, 5.74) is 2.04. The lowest BCUT2D eigenvalue weighted by Crippen LogP contribution is -2.50. The molecule has 138 valence electrons. The first-order chi connectivity index (χ1) is 12.6. The van der Waals surface area contributed by atoms with E-state index in [2.05, 4.69) is 15.3 Å². The lowest BCUT2D eigenvalue weighted by molar-refractivity contribution is -0.123. The van der Waals surface area contributed by atoms with Gasteiger partial charge in [-0.2, -0.15) is 0 Å². The van der Waals surface area contributed by atoms with E-state index in [-0.39, 0.29) is 18.1 Å². The first-order valence-electron chi connectivity index (χ1n) is 9.05. The van der Waals surface area contributed by atoms with E-state index in [1.165, 1.54) is 0 Å². The Bertz CT molecular complexity index is 689. The molecular formula is C20H26N4O2. The van der Waals surface area contributed by atoms with Crippen molar-refractivity contribution in [1.82, 2.24) is 20.2 Å². The lowest BCUT2D eigenvalue weighted by Gasteiger charge is -2.38. The quantitative estimate of drug-likeness (QED) is 0.749. The van der Waals surface area contributed by atoms with Crippen LogP contribution in [0.5, 0.6) is 0 Å². The average molecular weight is 354 g/mol. The summed E-state index contributed by atoms with van der Waals surface area (Å²) in [6.07, 6.45) is 7.25. The number of amides is 1. The summed E-state index contributed by atoms with van der Waals surface area (Å²) in [5.74, 6) is 0.304. The van der Waals surface area contributed by atoms with E-state index in [0.717, 1.165) is 24.1 Å². The van der Waals surface area contributed by atoms with Crippen LogP contribution in [0.1, 0.15) is 24.1 Å². The summed E-state index contributed by atoms with van der Waals surface area (Å²) in [7, 11) is 1.92. The Labute approximate surface area is 154 Å². The molecule has 2 aromatic rings. The number of nitrogens with zero attached hydrogens (tertiary/aromatic N) is 3. The van der Waals surface area contributed by atoms with Gasteiger partial charge in [-0.1, -0.05) is 12.1 Å². The first kappa shape index (κ1) is 18.5. The van der Waals surface area contributed by atoms with Crippen molar-refractivity contribution >= 4 is 5.91 Å². The molecule has 2 aromatic heterocycles. The SMILES string of the molecule is CN(CC(=O)N[C@@H](Cc1ccccn1)C1CC(O)C1)Cc1cccnc1. The summed E-state index contributed by atoms with van der Waals surface area (Å²) in [6.45, 7) is 0.997. The molecule has 3 rings (SSSR count). The molecule has 6 heteroatoms. The van der Waals surface area contributed by atoms with Crippen LogP contribution in [0, 0.1) is 5.92 Å². The topological polar surface area (TPSA) is 78.4 Å². The van der Waals surface area contributed by atoms with Gasteiger partial charge in [0, 0.05) is 43.3 Å². The lowest BCUT2D eigenvalue weighted by atomic mass is 9.76. The van der Waals surface area contributed by atoms with Gasteiger partial charge in [-0.3, -0.25) is 19.7 Å². The molecule has 0 radical (unpaired) electrons. The van der Waals surface area contributed by atoms with Crippen LogP contribution in [-0.2, 0) is 17.8 Å². The Kier molecular flexibility index (Phi) is 6.30. The molecule has 0 aliphatic heterocycles. The molecule has 1 amide bonds. The molecule has 0 unspecified atom stereocenters. The van der Waals surface area contributed by atoms with Gasteiger partial charge in [0.15, 0.2) is 0 Å². The second-order valence-electron chi connectivity index (χ2n) is 7.12. The zero-order chi connectivity index (χ0) is 18.4. The third kappa shape index (κ3) is 5.34. The largest absolute Gasteiger partial charge is 0.393 e. The Hall–Kier alpha value is -2.31. The molecule has 26 heavy (non-hydrogen) atoms. The number of aromatic nitrogens is 2. The van der Waals surface area contributed by atoms with E-state index in [0.29, 0.717) is 25.4 Å². The fourth-order valence-electron chi connectivity index (χ4n) is 3.39. The number of pyridine rings is 2. The third-order valence-corrected chi connectivity index (χ3v) is 4.81. The number of hydrogen-bond acceptors (Lipinski definition) is 5. The van der Waals surface area contributed by atoms with Crippen LogP contribution in [0.15, 0.2) is 48.9 Å². The second kappa shape index (κ2) is 8.87. The highest BCUT2D eigenvalue weighted by Gasteiger charge is 2.35. The van der Waals surface area contributed by atoms with E-state index in [1.807, 2.05) is 48.5 Å². The fraction of sp³-hybridized carbons (Fsp3) is 0.450. The zero-order valence-corrected chi connectivity index (χ0v) is 15.1. The van der Waals surface area contributed by atoms with Gasteiger partial charge in [0.05, 0.1) is 12.6 Å². The van der Waals surface area contributed by atoms with Gasteiger partial charge < -0.3 is 10.4 Å². The van der Waals surface area contributed by atoms with Gasteiger partial charge in [0.2, 0.25) is 5.91 Å². The minimum atomic E-state index is -0.239. The van der Waals surface area contributed by atoms with Crippen molar-refractivity contribution in [3.05, 3.63) is 60.2 Å². The Balaban J connectivity index is 1.54. The van der Waals surface area contributed by atoms with Crippen molar-refractivity contribution in [2.24, 2.45) is 5.92 Å². The van der Waals surface area contributed by atoms with E-state index in [1.54, 1.807) is 12.4 Å². The van der Waals surface area contributed by atoms with Crippen LogP contribution in [0.3, 0.4) is 0 Å². The summed E-state index contributed by atoms with van der Waals surface area (Å²) >= 11 is 0. The van der Waals surface area contributed by atoms with Crippen molar-refractivity contribution in [2.45, 2.75) is 38.0 Å². The predicted molar refractivity (Wildman–Crippen MR) is 99.2 cm³/mol. The van der Waals surface area contributed by atoms with Gasteiger partial charge in [0.1, 0.15) is 0 Å². The molecule has 0 saturated heterocycles. The number of aliphatic hydroxyl groups excluding tert-OH is 1. The highest BCUT2D eigenvalue weighted by Crippen LogP contribution is 2.31. The molecule has 1 fully saturated rings. The molecule has 1 atom stereocenters. The smallest absolute Gasteiger partial charge is 0.234 e. The van der Waals surface area contributed by atoms with Crippen LogP contribution < -0.4 is 5.32 Å². The Morgan fingerprint density at radius 1 is 1.31 bits per heavy atom. The highest BCUT2D eigenvalue weighted by atomic mass is 16.3. The molecule has 1 aliphatic carbocycles. The van der Waals surface area contributed by atoms with Crippen molar-refractivity contribution in [1.29, 1.82) is 0 Å². The van der Waals surface area contributed by atoms with Gasteiger partial charge in [0.25, 0.3) is 0 Å². The van der Waals surface area contributed by atoms with E-state index in [4.69, 9.17) is 0 Å². The monoisotopic (exact) mass is 354 g/mol. The number of aliphatic hydroxyl groups is 1. The average Bonchev–Trinajstić information content (AvgIpc) is 2.60. The van der Waals surface area contributed by atoms with E-state index in [9.17, 15) is 9.90 Å². The van der Waals surface area contributed by atoms with Crippen molar-refractivity contribution in [3.63, 3.8) is 0 Å². The van der Waals surface area contributed by atoms with Crippen LogP contribution in [0.4, 0.5) is 0 Å². The van der Waals surface area contributed by atoms with Crippen LogP contribution in [0.25, 0.3) is 0 Å². The maximum atomic E-state index is 12.5. The summed E-state index contributed by atoms with van der Waals surface area (Å²) in [4.78, 5) is 23.0. The number of carbonyl (C=O) groups is 1. The second-order valence-corrected chi connectivity index (χ2v) is 7.12. The summed E-state index contributed by atoms with van der Waals surface area (Å²) in [5, 5.41) is 12.8. The molecule has 2 heterocycles. The molecule has 1 saturated carbocycles. The molecule has 2 N–H and O–H groups in total. The highest BCUT2D eigenvalue weighted by molar-refractivity contribution is 5.78. The normalized spacial score (nSPS) is 20.4. The van der Waals surface area contributed by atoms with Crippen molar-refractivity contribution < 1.29 is 9.90 Å². The number of hydrogen-bond donors (Lipinski definition) is 2. The molecule has 0 aromatic carbocycles. The molecule has 6 nitrogen and oxygen atoms in total. The minimum absolute atomic E-state index is 0.00119. The standard InChI is InChI=1S/C20H26N4O2/c1-24(13-15-5-4-7-21-12-15)14-20(26)23-19(16-9-18(25)10-16)11-17-6-2-3-8-22-17/h2-8,12,16,18-19,25H,9-11,13-14H2,1H3,(H,23,26)/t16?,18?,19-/m0/s1. The van der Waals surface area contributed by atoms with Gasteiger partial charge in [-0.05, 0) is 49.6 Å². The number of likely N-dealkylation sites (N-methyl/N-ethyl adjacent to an activating group) is 1. The van der Waals surface area contributed by atoms with E-state index >= 15 is 0 Å². The van der Waals surface area contributed by atoms with Crippen molar-refractivity contribution in [2.75, 3.05) is 13.6 Å². The fourth-order valence-corrected chi connectivity index (χ4v) is 3.39. The molecule has 0 spiro atoms. The summed E-state index contributed by atoms with van der Waals surface area (Å²) < 4.78 is 0. The third-order valence-electron chi connectivity index (χ3n) is 4.81. The van der Waals surface area contributed by atoms with E-state index < -0.39 is 0 Å². The Morgan fingerprint density at radius 3 is 2.81 bits per heavy atom. The van der Waals surface area contributed by atoms with Crippen LogP contribution in [0.2, 0.25) is 0 Å². The van der Waals surface area contributed by atoms with Crippen molar-refractivity contribution in [3.8, 4) is 0 Å². The maximum absolute atomic E-state index is 12.5.